The Morgan fingerprint density at radius 2 is 1.85 bits per heavy atom. The van der Waals surface area contributed by atoms with Gasteiger partial charge in [0, 0.05) is 44.4 Å². The molecule has 1 unspecified atom stereocenters. The summed E-state index contributed by atoms with van der Waals surface area (Å²) in [7, 11) is 5.47. The van der Waals surface area contributed by atoms with Crippen LogP contribution >= 0.6 is 35.7 Å². The zero-order chi connectivity index (χ0) is 19.0. The van der Waals surface area contributed by atoms with Crippen molar-refractivity contribution in [3.63, 3.8) is 0 Å². The van der Waals surface area contributed by atoms with E-state index in [1.165, 1.54) is 4.90 Å². The van der Waals surface area contributed by atoms with E-state index in [0.29, 0.717) is 11.8 Å². The second-order valence-electron chi connectivity index (χ2n) is 7.24. The van der Waals surface area contributed by atoms with E-state index in [-0.39, 0.29) is 35.3 Å². The lowest BCUT2D eigenvalue weighted by atomic mass is 9.84. The molecular formula is C20H33IN4OS. The van der Waals surface area contributed by atoms with Crippen molar-refractivity contribution < 1.29 is 4.79 Å². The Bertz CT molecular complexity index is 603. The zero-order valence-corrected chi connectivity index (χ0v) is 20.0. The Kier molecular flexibility index (Phi) is 10.5. The standard InChI is InChI=1S/C20H32N4OS.HI/c1-16(26-17-10-6-5-7-11-17)14-22-19(21-2)23-15-20(12-8-9-13-20)18(25)24(3)4;/h5-7,10-11,16H,8-9,12-15H2,1-4H3,(H2,21,22,23);1H. The number of nitrogens with zero attached hydrogens (tertiary/aromatic N) is 2. The van der Waals surface area contributed by atoms with Crippen molar-refractivity contribution in [2.75, 3.05) is 34.2 Å². The highest BCUT2D eigenvalue weighted by atomic mass is 127. The number of rotatable bonds is 7. The van der Waals surface area contributed by atoms with Crippen LogP contribution in [0.4, 0.5) is 0 Å². The number of hydrogen-bond acceptors (Lipinski definition) is 3. The maximum Gasteiger partial charge on any atom is 0.230 e. The fraction of sp³-hybridized carbons (Fsp3) is 0.600. The Hall–Kier alpha value is -0.960. The number of thioether (sulfide) groups is 1. The lowest BCUT2D eigenvalue weighted by Crippen LogP contribution is -2.49. The van der Waals surface area contributed by atoms with Gasteiger partial charge in [-0.05, 0) is 25.0 Å². The molecule has 0 bridgehead atoms. The van der Waals surface area contributed by atoms with Crippen LogP contribution in [0.5, 0.6) is 0 Å². The van der Waals surface area contributed by atoms with Crippen molar-refractivity contribution in [2.45, 2.75) is 42.8 Å². The first-order chi connectivity index (χ1) is 12.5. The first-order valence-corrected chi connectivity index (χ1v) is 10.2. The Labute approximate surface area is 185 Å². The Morgan fingerprint density at radius 3 is 2.41 bits per heavy atom. The maximum atomic E-state index is 12.7. The molecule has 1 aromatic carbocycles. The van der Waals surface area contributed by atoms with Crippen molar-refractivity contribution in [3.8, 4) is 0 Å². The number of carbonyl (C=O) groups excluding carboxylic acids is 1. The fourth-order valence-corrected chi connectivity index (χ4v) is 4.42. The third-order valence-electron chi connectivity index (χ3n) is 4.88. The molecule has 0 aromatic heterocycles. The molecule has 5 nitrogen and oxygen atoms in total. The molecule has 1 aliphatic rings. The molecule has 1 fully saturated rings. The number of nitrogens with one attached hydrogen (secondary N) is 2. The van der Waals surface area contributed by atoms with E-state index in [0.717, 1.165) is 38.2 Å². The molecule has 1 aromatic rings. The summed E-state index contributed by atoms with van der Waals surface area (Å²) in [5.41, 5.74) is -0.286. The molecule has 0 saturated heterocycles. The van der Waals surface area contributed by atoms with Crippen molar-refractivity contribution in [1.82, 2.24) is 15.5 Å². The van der Waals surface area contributed by atoms with Gasteiger partial charge in [0.25, 0.3) is 0 Å². The Balaban J connectivity index is 0.00000364. The molecule has 1 atom stereocenters. The smallest absolute Gasteiger partial charge is 0.230 e. The van der Waals surface area contributed by atoms with Crippen LogP contribution in [0.15, 0.2) is 40.2 Å². The normalized spacial score (nSPS) is 17.0. The highest BCUT2D eigenvalue weighted by molar-refractivity contribution is 14.0. The molecule has 2 N–H and O–H groups in total. The van der Waals surface area contributed by atoms with Crippen molar-refractivity contribution >= 4 is 47.6 Å². The molecular weight excluding hydrogens is 471 g/mol. The van der Waals surface area contributed by atoms with E-state index < -0.39 is 0 Å². The first kappa shape index (κ1) is 24.1. The summed E-state index contributed by atoms with van der Waals surface area (Å²) in [4.78, 5) is 20.0. The van der Waals surface area contributed by atoms with E-state index in [1.807, 2.05) is 31.9 Å². The number of aliphatic imine (C=N–C) groups is 1. The molecule has 0 aliphatic heterocycles. The average Bonchev–Trinajstić information content (AvgIpc) is 3.12. The van der Waals surface area contributed by atoms with Crippen LogP contribution in [0.25, 0.3) is 0 Å². The maximum absolute atomic E-state index is 12.7. The van der Waals surface area contributed by atoms with Crippen LogP contribution in [0, 0.1) is 5.41 Å². The molecule has 1 saturated carbocycles. The van der Waals surface area contributed by atoms with Gasteiger partial charge in [0.15, 0.2) is 5.96 Å². The predicted molar refractivity (Wildman–Crippen MR) is 126 cm³/mol. The average molecular weight is 504 g/mol. The second-order valence-corrected chi connectivity index (χ2v) is 8.75. The minimum absolute atomic E-state index is 0. The highest BCUT2D eigenvalue weighted by Gasteiger charge is 2.42. The van der Waals surface area contributed by atoms with Crippen LogP contribution in [-0.2, 0) is 4.79 Å². The minimum Gasteiger partial charge on any atom is -0.355 e. The molecule has 1 aliphatic carbocycles. The van der Waals surface area contributed by atoms with Gasteiger partial charge in [-0.2, -0.15) is 0 Å². The van der Waals surface area contributed by atoms with Crippen LogP contribution in [0.2, 0.25) is 0 Å². The largest absolute Gasteiger partial charge is 0.355 e. The van der Waals surface area contributed by atoms with Crippen molar-refractivity contribution in [3.05, 3.63) is 30.3 Å². The third-order valence-corrected chi connectivity index (χ3v) is 5.99. The predicted octanol–water partition coefficient (Wildman–Crippen LogP) is 3.60. The summed E-state index contributed by atoms with van der Waals surface area (Å²) in [6.45, 7) is 3.66. The summed E-state index contributed by atoms with van der Waals surface area (Å²) in [6, 6.07) is 10.4. The number of halogens is 1. The summed E-state index contributed by atoms with van der Waals surface area (Å²) < 4.78 is 0. The quantitative estimate of drug-likeness (QED) is 0.258. The SMILES string of the molecule is CN=C(NCC(C)Sc1ccccc1)NCC1(C(=O)N(C)C)CCCC1.I. The van der Waals surface area contributed by atoms with Crippen LogP contribution in [0.1, 0.15) is 32.6 Å². The zero-order valence-electron chi connectivity index (χ0n) is 16.8. The topological polar surface area (TPSA) is 56.7 Å². The van der Waals surface area contributed by atoms with Crippen LogP contribution in [-0.4, -0.2) is 56.2 Å². The summed E-state index contributed by atoms with van der Waals surface area (Å²) in [5.74, 6) is 0.995. The lowest BCUT2D eigenvalue weighted by Gasteiger charge is -2.31. The van der Waals surface area contributed by atoms with Gasteiger partial charge in [-0.1, -0.05) is 38.0 Å². The number of benzene rings is 1. The van der Waals surface area contributed by atoms with Gasteiger partial charge < -0.3 is 15.5 Å². The van der Waals surface area contributed by atoms with Gasteiger partial charge in [0.05, 0.1) is 5.41 Å². The third kappa shape index (κ3) is 7.18. The first-order valence-electron chi connectivity index (χ1n) is 9.35. The molecule has 1 amide bonds. The molecule has 27 heavy (non-hydrogen) atoms. The summed E-state index contributed by atoms with van der Waals surface area (Å²) >= 11 is 1.84. The van der Waals surface area contributed by atoms with Gasteiger partial charge in [-0.15, -0.1) is 35.7 Å². The van der Waals surface area contributed by atoms with Gasteiger partial charge >= 0.3 is 0 Å². The van der Waals surface area contributed by atoms with E-state index in [9.17, 15) is 4.79 Å². The molecule has 7 heteroatoms. The van der Waals surface area contributed by atoms with Gasteiger partial charge in [0.1, 0.15) is 0 Å². The fourth-order valence-electron chi connectivity index (χ4n) is 3.48. The van der Waals surface area contributed by atoms with E-state index >= 15 is 0 Å². The lowest BCUT2D eigenvalue weighted by molar-refractivity contribution is -0.138. The monoisotopic (exact) mass is 504 g/mol. The molecule has 0 radical (unpaired) electrons. The number of carbonyl (C=O) groups is 1. The second kappa shape index (κ2) is 11.8. The number of hydrogen-bond donors (Lipinski definition) is 2. The summed E-state index contributed by atoms with van der Waals surface area (Å²) in [6.07, 6.45) is 4.15. The van der Waals surface area contributed by atoms with E-state index in [2.05, 4.69) is 46.8 Å². The van der Waals surface area contributed by atoms with Crippen LogP contribution in [0.3, 0.4) is 0 Å². The molecule has 2 rings (SSSR count). The van der Waals surface area contributed by atoms with E-state index in [4.69, 9.17) is 0 Å². The summed E-state index contributed by atoms with van der Waals surface area (Å²) in [5, 5.41) is 7.20. The molecule has 0 spiro atoms. The van der Waals surface area contributed by atoms with Crippen molar-refractivity contribution in [2.24, 2.45) is 10.4 Å². The van der Waals surface area contributed by atoms with Crippen LogP contribution < -0.4 is 10.6 Å². The van der Waals surface area contributed by atoms with Crippen molar-refractivity contribution in [1.29, 1.82) is 0 Å². The molecule has 0 heterocycles. The van der Waals surface area contributed by atoms with Gasteiger partial charge in [-0.3, -0.25) is 9.79 Å². The molecule has 152 valence electrons. The van der Waals surface area contributed by atoms with Gasteiger partial charge in [0.2, 0.25) is 5.91 Å². The van der Waals surface area contributed by atoms with Gasteiger partial charge in [-0.25, -0.2) is 0 Å². The number of guanidine groups is 1. The van der Waals surface area contributed by atoms with E-state index in [1.54, 1.807) is 11.9 Å². The Morgan fingerprint density at radius 1 is 1.22 bits per heavy atom. The number of amides is 1. The highest BCUT2D eigenvalue weighted by Crippen LogP contribution is 2.38. The minimum atomic E-state index is -0.286.